The first-order valence-electron chi connectivity index (χ1n) is 5.96. The van der Waals surface area contributed by atoms with Crippen LogP contribution in [0.3, 0.4) is 0 Å². The molecule has 2 unspecified atom stereocenters. The summed E-state index contributed by atoms with van der Waals surface area (Å²) in [4.78, 5) is 0.526. The Labute approximate surface area is 109 Å². The molecule has 2 atom stereocenters. The predicted octanol–water partition coefficient (Wildman–Crippen LogP) is 2.14. The van der Waals surface area contributed by atoms with Gasteiger partial charge >= 0.3 is 109 Å². The van der Waals surface area contributed by atoms with Gasteiger partial charge in [0.15, 0.2) is 0 Å². The third-order valence-corrected chi connectivity index (χ3v) is 5.37. The molecule has 0 saturated carbocycles. The minimum absolute atomic E-state index is 0.0399. The number of rotatable bonds is 5. The molecule has 0 N–H and O–H groups in total. The molecule has 0 spiro atoms. The van der Waals surface area contributed by atoms with E-state index in [0.29, 0.717) is 26.4 Å². The van der Waals surface area contributed by atoms with Crippen molar-refractivity contribution in [3.63, 3.8) is 0 Å². The van der Waals surface area contributed by atoms with Crippen LogP contribution in [0.25, 0.3) is 0 Å². The number of benzene rings is 1. The summed E-state index contributed by atoms with van der Waals surface area (Å²) in [5.74, 6) is 0. The Balaban J connectivity index is 1.94. The molecule has 1 heterocycles. The summed E-state index contributed by atoms with van der Waals surface area (Å²) in [5.41, 5.74) is 0. The summed E-state index contributed by atoms with van der Waals surface area (Å²) in [7, 11) is 0. The molecule has 0 aliphatic carbocycles. The normalized spacial score (nSPS) is 24.5. The van der Waals surface area contributed by atoms with E-state index in [9.17, 15) is 0 Å². The third-order valence-electron chi connectivity index (χ3n) is 2.63. The molecule has 0 aromatic heterocycles. The molecule has 1 aromatic carbocycles. The molecule has 1 fully saturated rings. The Kier molecular flexibility index (Phi) is 5.27. The zero-order valence-electron chi connectivity index (χ0n) is 9.88. The molecule has 0 bridgehead atoms. The summed E-state index contributed by atoms with van der Waals surface area (Å²) in [6.45, 7) is 5.08. The van der Waals surface area contributed by atoms with Crippen LogP contribution in [0.2, 0.25) is 4.82 Å². The van der Waals surface area contributed by atoms with Gasteiger partial charge in [-0.05, 0) is 0 Å². The van der Waals surface area contributed by atoms with Gasteiger partial charge in [-0.3, -0.25) is 0 Å². The van der Waals surface area contributed by atoms with Crippen LogP contribution in [0.1, 0.15) is 12.8 Å². The standard InChI is InChI=1S/C14H18O2Se/c1-2-10-15-14-13(9-6-11-16-14)17-12-7-4-3-5-8-12/h2-5,7-8,13-14H,1,6,9-11H2. The molecule has 2 nitrogen and oxygen atoms in total. The Bertz CT molecular complexity index is 339. The molecule has 3 heteroatoms. The fraction of sp³-hybridized carbons (Fsp3) is 0.429. The third kappa shape index (κ3) is 3.97. The summed E-state index contributed by atoms with van der Waals surface area (Å²) < 4.78 is 12.8. The second-order valence-electron chi connectivity index (χ2n) is 3.97. The van der Waals surface area contributed by atoms with Crippen molar-refractivity contribution in [2.24, 2.45) is 0 Å². The first-order chi connectivity index (χ1) is 8.40. The van der Waals surface area contributed by atoms with Crippen molar-refractivity contribution in [2.75, 3.05) is 13.2 Å². The molecule has 1 saturated heterocycles. The van der Waals surface area contributed by atoms with Gasteiger partial charge in [-0.25, -0.2) is 0 Å². The summed E-state index contributed by atoms with van der Waals surface area (Å²) >= 11 is 0.424. The van der Waals surface area contributed by atoms with Gasteiger partial charge in [0.25, 0.3) is 0 Å². The second kappa shape index (κ2) is 6.97. The summed E-state index contributed by atoms with van der Waals surface area (Å²) in [6, 6.07) is 10.6. The number of hydrogen-bond acceptors (Lipinski definition) is 2. The summed E-state index contributed by atoms with van der Waals surface area (Å²) in [5, 5.41) is 0. The fourth-order valence-corrected chi connectivity index (χ4v) is 4.39. The monoisotopic (exact) mass is 298 g/mol. The van der Waals surface area contributed by atoms with Crippen LogP contribution in [0.15, 0.2) is 43.0 Å². The molecule has 1 aromatic rings. The van der Waals surface area contributed by atoms with Crippen molar-refractivity contribution < 1.29 is 9.47 Å². The molecule has 0 amide bonds. The van der Waals surface area contributed by atoms with Gasteiger partial charge in [0.05, 0.1) is 0 Å². The molecule has 2 rings (SSSR count). The second-order valence-corrected chi connectivity index (χ2v) is 6.73. The average Bonchev–Trinajstić information content (AvgIpc) is 2.39. The Morgan fingerprint density at radius 2 is 2.24 bits per heavy atom. The van der Waals surface area contributed by atoms with Gasteiger partial charge in [0.1, 0.15) is 0 Å². The van der Waals surface area contributed by atoms with Crippen LogP contribution in [-0.2, 0) is 9.47 Å². The molecular formula is C14H18O2Se. The molecule has 1 aliphatic heterocycles. The molecule has 1 aliphatic rings. The van der Waals surface area contributed by atoms with E-state index < -0.39 is 0 Å². The zero-order valence-corrected chi connectivity index (χ0v) is 11.6. The first-order valence-corrected chi connectivity index (χ1v) is 7.80. The van der Waals surface area contributed by atoms with Crippen LogP contribution in [-0.4, -0.2) is 34.5 Å². The number of ether oxygens (including phenoxy) is 2. The Morgan fingerprint density at radius 3 is 3.00 bits per heavy atom. The van der Waals surface area contributed by atoms with E-state index >= 15 is 0 Å². The van der Waals surface area contributed by atoms with E-state index in [1.165, 1.54) is 10.9 Å². The zero-order chi connectivity index (χ0) is 11.9. The van der Waals surface area contributed by atoms with Crippen molar-refractivity contribution in [3.8, 4) is 0 Å². The van der Waals surface area contributed by atoms with Crippen LogP contribution >= 0.6 is 0 Å². The van der Waals surface area contributed by atoms with Gasteiger partial charge in [0, 0.05) is 0 Å². The molecule has 92 valence electrons. The van der Waals surface area contributed by atoms with E-state index in [1.54, 1.807) is 6.08 Å². The van der Waals surface area contributed by atoms with Crippen molar-refractivity contribution in [2.45, 2.75) is 23.9 Å². The maximum absolute atomic E-state index is 5.71. The SMILES string of the molecule is C=CCOC1OCCCC1[Se]c1ccccc1. The fourth-order valence-electron chi connectivity index (χ4n) is 1.83. The van der Waals surface area contributed by atoms with Crippen molar-refractivity contribution in [1.82, 2.24) is 0 Å². The first kappa shape index (κ1) is 12.8. The van der Waals surface area contributed by atoms with Gasteiger partial charge in [-0.15, -0.1) is 0 Å². The van der Waals surface area contributed by atoms with E-state index in [1.807, 2.05) is 0 Å². The predicted molar refractivity (Wildman–Crippen MR) is 70.7 cm³/mol. The Hall–Kier alpha value is -0.601. The van der Waals surface area contributed by atoms with E-state index in [4.69, 9.17) is 9.47 Å². The van der Waals surface area contributed by atoms with Crippen LogP contribution in [0.5, 0.6) is 0 Å². The average molecular weight is 297 g/mol. The van der Waals surface area contributed by atoms with Crippen molar-refractivity contribution >= 4 is 19.4 Å². The minimum atomic E-state index is -0.0399. The van der Waals surface area contributed by atoms with Crippen molar-refractivity contribution in [3.05, 3.63) is 43.0 Å². The van der Waals surface area contributed by atoms with E-state index in [0.717, 1.165) is 13.0 Å². The van der Waals surface area contributed by atoms with Crippen molar-refractivity contribution in [1.29, 1.82) is 0 Å². The quantitative estimate of drug-likeness (QED) is 0.612. The van der Waals surface area contributed by atoms with Gasteiger partial charge in [-0.2, -0.15) is 0 Å². The van der Waals surface area contributed by atoms with Gasteiger partial charge < -0.3 is 0 Å². The maximum atomic E-state index is 5.71. The molecular weight excluding hydrogens is 279 g/mol. The van der Waals surface area contributed by atoms with E-state index in [2.05, 4.69) is 36.9 Å². The molecule has 0 radical (unpaired) electrons. The summed E-state index contributed by atoms with van der Waals surface area (Å²) in [6.07, 6.45) is 4.09. The molecule has 17 heavy (non-hydrogen) atoms. The van der Waals surface area contributed by atoms with E-state index in [-0.39, 0.29) is 6.29 Å². The van der Waals surface area contributed by atoms with Gasteiger partial charge in [0.2, 0.25) is 0 Å². The van der Waals surface area contributed by atoms with Gasteiger partial charge in [-0.1, -0.05) is 0 Å². The van der Waals surface area contributed by atoms with Crippen LogP contribution in [0, 0.1) is 0 Å². The van der Waals surface area contributed by atoms with Crippen LogP contribution in [0.4, 0.5) is 0 Å². The topological polar surface area (TPSA) is 18.5 Å². The number of hydrogen-bond donors (Lipinski definition) is 0. The van der Waals surface area contributed by atoms with Crippen LogP contribution < -0.4 is 4.46 Å². The Morgan fingerprint density at radius 1 is 1.41 bits per heavy atom.